The predicted octanol–water partition coefficient (Wildman–Crippen LogP) is 1.36. The van der Waals surface area contributed by atoms with Crippen molar-refractivity contribution in [3.8, 4) is 5.75 Å². The highest BCUT2D eigenvalue weighted by molar-refractivity contribution is 5.94. The number of hydrogen-bond acceptors (Lipinski definition) is 5. The average molecular weight is 279 g/mol. The zero-order chi connectivity index (χ0) is 14.4. The summed E-state index contributed by atoms with van der Waals surface area (Å²) in [7, 11) is 1.30. The monoisotopic (exact) mass is 279 g/mol. The number of hydrogen-bond donors (Lipinski definition) is 1. The number of benzene rings is 1. The summed E-state index contributed by atoms with van der Waals surface area (Å²) in [4.78, 5) is 22.8. The van der Waals surface area contributed by atoms with Gasteiger partial charge in [-0.3, -0.25) is 4.79 Å². The molecule has 2 rings (SSSR count). The van der Waals surface area contributed by atoms with Crippen LogP contribution in [0.15, 0.2) is 24.3 Å². The molecule has 1 saturated heterocycles. The molecule has 1 heterocycles. The van der Waals surface area contributed by atoms with Crippen molar-refractivity contribution in [2.45, 2.75) is 18.9 Å². The third-order valence-corrected chi connectivity index (χ3v) is 2.93. The number of carbonyl (C=O) groups excluding carboxylic acids is 2. The van der Waals surface area contributed by atoms with Gasteiger partial charge in [-0.05, 0) is 37.1 Å². The number of rotatable bonds is 5. The number of carbonyl (C=O) groups is 2. The van der Waals surface area contributed by atoms with Gasteiger partial charge in [0.15, 0.2) is 6.61 Å². The van der Waals surface area contributed by atoms with Crippen LogP contribution in [0.5, 0.6) is 5.75 Å². The molecule has 0 spiro atoms. The lowest BCUT2D eigenvalue weighted by Gasteiger charge is -2.11. The smallest absolute Gasteiger partial charge is 0.343 e. The zero-order valence-electron chi connectivity index (χ0n) is 11.3. The van der Waals surface area contributed by atoms with Gasteiger partial charge in [-0.25, -0.2) is 4.79 Å². The van der Waals surface area contributed by atoms with Gasteiger partial charge in [-0.2, -0.15) is 0 Å². The first kappa shape index (κ1) is 14.3. The number of ether oxygens (including phenoxy) is 3. The Morgan fingerprint density at radius 1 is 1.35 bits per heavy atom. The van der Waals surface area contributed by atoms with Crippen LogP contribution in [0.4, 0.5) is 5.69 Å². The standard InChI is InChI=1S/C14H17NO5/c1-18-13(16)9-20-11-6-4-10(5-7-11)15-14(17)12-3-2-8-19-12/h4-7,12H,2-3,8-9H2,1H3,(H,15,17)/t12-/m1/s1. The van der Waals surface area contributed by atoms with Crippen LogP contribution in [0.3, 0.4) is 0 Å². The van der Waals surface area contributed by atoms with E-state index in [2.05, 4.69) is 10.1 Å². The molecule has 0 unspecified atom stereocenters. The van der Waals surface area contributed by atoms with E-state index in [1.807, 2.05) is 0 Å². The summed E-state index contributed by atoms with van der Waals surface area (Å²) in [6, 6.07) is 6.76. The van der Waals surface area contributed by atoms with Crippen molar-refractivity contribution >= 4 is 17.6 Å². The third-order valence-electron chi connectivity index (χ3n) is 2.93. The molecular weight excluding hydrogens is 262 g/mol. The number of methoxy groups -OCH3 is 1. The maximum atomic E-state index is 11.8. The quantitative estimate of drug-likeness (QED) is 0.824. The van der Waals surface area contributed by atoms with E-state index in [1.54, 1.807) is 24.3 Å². The molecule has 1 N–H and O–H groups in total. The molecule has 1 aliphatic heterocycles. The number of esters is 1. The van der Waals surface area contributed by atoms with E-state index in [9.17, 15) is 9.59 Å². The second kappa shape index (κ2) is 6.91. The van der Waals surface area contributed by atoms with Gasteiger partial charge in [0.1, 0.15) is 11.9 Å². The van der Waals surface area contributed by atoms with Crippen molar-refractivity contribution in [1.29, 1.82) is 0 Å². The minimum atomic E-state index is -0.444. The van der Waals surface area contributed by atoms with Crippen molar-refractivity contribution < 1.29 is 23.8 Å². The van der Waals surface area contributed by atoms with Crippen molar-refractivity contribution in [3.63, 3.8) is 0 Å². The van der Waals surface area contributed by atoms with E-state index in [0.29, 0.717) is 18.0 Å². The Bertz CT molecular complexity index is 465. The Balaban J connectivity index is 1.84. The second-order valence-corrected chi connectivity index (χ2v) is 4.38. The summed E-state index contributed by atoms with van der Waals surface area (Å²) in [6.45, 7) is 0.497. The van der Waals surface area contributed by atoms with Crippen LogP contribution in [0.2, 0.25) is 0 Å². The lowest BCUT2D eigenvalue weighted by atomic mass is 10.2. The van der Waals surface area contributed by atoms with Crippen LogP contribution in [-0.4, -0.2) is 38.3 Å². The maximum Gasteiger partial charge on any atom is 0.343 e. The molecule has 6 heteroatoms. The van der Waals surface area contributed by atoms with E-state index < -0.39 is 5.97 Å². The number of nitrogens with one attached hydrogen (secondary N) is 1. The molecule has 0 aliphatic carbocycles. The first-order chi connectivity index (χ1) is 9.69. The highest BCUT2D eigenvalue weighted by Gasteiger charge is 2.23. The van der Waals surface area contributed by atoms with Gasteiger partial charge in [-0.15, -0.1) is 0 Å². The van der Waals surface area contributed by atoms with Gasteiger partial charge in [0.2, 0.25) is 0 Å². The fraction of sp³-hybridized carbons (Fsp3) is 0.429. The van der Waals surface area contributed by atoms with Crippen molar-refractivity contribution in [3.05, 3.63) is 24.3 Å². The van der Waals surface area contributed by atoms with Crippen LogP contribution >= 0.6 is 0 Å². The Morgan fingerprint density at radius 2 is 2.10 bits per heavy atom. The predicted molar refractivity (Wildman–Crippen MR) is 71.6 cm³/mol. The average Bonchev–Trinajstić information content (AvgIpc) is 3.00. The van der Waals surface area contributed by atoms with Crippen LogP contribution in [0, 0.1) is 0 Å². The van der Waals surface area contributed by atoms with E-state index in [-0.39, 0.29) is 18.6 Å². The molecule has 1 aromatic carbocycles. The molecule has 108 valence electrons. The Kier molecular flexibility index (Phi) is 4.95. The highest BCUT2D eigenvalue weighted by atomic mass is 16.6. The van der Waals surface area contributed by atoms with E-state index in [4.69, 9.17) is 9.47 Å². The van der Waals surface area contributed by atoms with E-state index in [1.165, 1.54) is 7.11 Å². The molecule has 1 aromatic rings. The molecule has 1 aliphatic rings. The Morgan fingerprint density at radius 3 is 2.70 bits per heavy atom. The molecule has 1 fully saturated rings. The molecular formula is C14H17NO5. The molecule has 1 atom stereocenters. The number of amides is 1. The highest BCUT2D eigenvalue weighted by Crippen LogP contribution is 2.18. The number of anilines is 1. The van der Waals surface area contributed by atoms with Crippen molar-refractivity contribution in [2.24, 2.45) is 0 Å². The van der Waals surface area contributed by atoms with Gasteiger partial charge in [0.25, 0.3) is 5.91 Å². The molecule has 6 nitrogen and oxygen atoms in total. The van der Waals surface area contributed by atoms with Crippen molar-refractivity contribution in [1.82, 2.24) is 0 Å². The maximum absolute atomic E-state index is 11.8. The largest absolute Gasteiger partial charge is 0.482 e. The molecule has 0 saturated carbocycles. The minimum Gasteiger partial charge on any atom is -0.482 e. The van der Waals surface area contributed by atoms with E-state index >= 15 is 0 Å². The first-order valence-corrected chi connectivity index (χ1v) is 6.41. The molecule has 0 bridgehead atoms. The summed E-state index contributed by atoms with van der Waals surface area (Å²) in [5.41, 5.74) is 0.663. The third kappa shape index (κ3) is 3.96. The van der Waals surface area contributed by atoms with Crippen LogP contribution in [0.1, 0.15) is 12.8 Å². The van der Waals surface area contributed by atoms with Gasteiger partial charge in [0.05, 0.1) is 7.11 Å². The molecule has 20 heavy (non-hydrogen) atoms. The fourth-order valence-electron chi connectivity index (χ4n) is 1.84. The molecule has 1 amide bonds. The van der Waals surface area contributed by atoms with Gasteiger partial charge in [0, 0.05) is 12.3 Å². The lowest BCUT2D eigenvalue weighted by molar-refractivity contribution is -0.142. The van der Waals surface area contributed by atoms with Gasteiger partial charge in [-0.1, -0.05) is 0 Å². The topological polar surface area (TPSA) is 73.9 Å². The van der Waals surface area contributed by atoms with Crippen LogP contribution in [0.25, 0.3) is 0 Å². The molecule has 0 aromatic heterocycles. The summed E-state index contributed by atoms with van der Waals surface area (Å²) in [5, 5.41) is 2.78. The zero-order valence-corrected chi connectivity index (χ0v) is 11.3. The van der Waals surface area contributed by atoms with Crippen LogP contribution < -0.4 is 10.1 Å². The van der Waals surface area contributed by atoms with E-state index in [0.717, 1.165) is 12.8 Å². The van der Waals surface area contributed by atoms with Gasteiger partial charge < -0.3 is 19.5 Å². The summed E-state index contributed by atoms with van der Waals surface area (Å²) in [5.74, 6) is -0.0444. The molecule has 0 radical (unpaired) electrons. The Hall–Kier alpha value is -2.08. The fourth-order valence-corrected chi connectivity index (χ4v) is 1.84. The normalized spacial score (nSPS) is 17.6. The SMILES string of the molecule is COC(=O)COc1ccc(NC(=O)[C@H]2CCCO2)cc1. The second-order valence-electron chi connectivity index (χ2n) is 4.38. The lowest BCUT2D eigenvalue weighted by Crippen LogP contribution is -2.26. The summed E-state index contributed by atoms with van der Waals surface area (Å²) in [6.07, 6.45) is 1.31. The van der Waals surface area contributed by atoms with Crippen molar-refractivity contribution in [2.75, 3.05) is 25.6 Å². The first-order valence-electron chi connectivity index (χ1n) is 6.41. The summed E-state index contributed by atoms with van der Waals surface area (Å²) < 4.78 is 15.0. The Labute approximate surface area is 117 Å². The van der Waals surface area contributed by atoms with Crippen LogP contribution in [-0.2, 0) is 19.1 Å². The van der Waals surface area contributed by atoms with Gasteiger partial charge >= 0.3 is 5.97 Å². The minimum absolute atomic E-state index is 0.134. The summed E-state index contributed by atoms with van der Waals surface area (Å²) >= 11 is 0.